The Balaban J connectivity index is 2.11. The molecule has 0 bridgehead atoms. The third kappa shape index (κ3) is 6.78. The van der Waals surface area contributed by atoms with Gasteiger partial charge in [-0.1, -0.05) is 39.0 Å². The Labute approximate surface area is 176 Å². The molecule has 2 aromatic carbocycles. The summed E-state index contributed by atoms with van der Waals surface area (Å²) in [5.74, 6) is 0.916. The van der Waals surface area contributed by atoms with Gasteiger partial charge in [0, 0.05) is 17.6 Å². The lowest BCUT2D eigenvalue weighted by Crippen LogP contribution is -2.41. The van der Waals surface area contributed by atoms with Crippen LogP contribution in [0.5, 0.6) is 11.5 Å². The van der Waals surface area contributed by atoms with Gasteiger partial charge in [-0.15, -0.1) is 0 Å². The molecule has 0 unspecified atom stereocenters. The molecule has 2 rings (SSSR count). The first-order chi connectivity index (χ1) is 13.0. The molecule has 0 atom stereocenters. The molecule has 0 spiro atoms. The Bertz CT molecular complexity index is 800. The molecular formula is C23H31BrFNO2. The van der Waals surface area contributed by atoms with Crippen molar-refractivity contribution in [1.82, 2.24) is 5.32 Å². The first-order valence-electron chi connectivity index (χ1n) is 9.48. The quantitative estimate of drug-likeness (QED) is 0.497. The van der Waals surface area contributed by atoms with Crippen LogP contribution in [0.4, 0.5) is 4.39 Å². The number of benzene rings is 2. The van der Waals surface area contributed by atoms with E-state index in [0.29, 0.717) is 23.6 Å². The highest BCUT2D eigenvalue weighted by molar-refractivity contribution is 9.10. The number of rotatable bonds is 8. The smallest absolute Gasteiger partial charge is 0.175 e. The van der Waals surface area contributed by atoms with Crippen molar-refractivity contribution in [1.29, 1.82) is 0 Å². The average molecular weight is 452 g/mol. The van der Waals surface area contributed by atoms with Crippen LogP contribution in [0.15, 0.2) is 40.9 Å². The van der Waals surface area contributed by atoms with E-state index in [4.69, 9.17) is 9.47 Å². The van der Waals surface area contributed by atoms with Crippen LogP contribution >= 0.6 is 15.9 Å². The van der Waals surface area contributed by atoms with E-state index in [2.05, 4.69) is 55.9 Å². The molecule has 0 aromatic heterocycles. The zero-order chi connectivity index (χ0) is 20.9. The molecule has 5 heteroatoms. The van der Waals surface area contributed by atoms with Crippen LogP contribution in [0.1, 0.15) is 52.2 Å². The molecule has 0 saturated heterocycles. The summed E-state index contributed by atoms with van der Waals surface area (Å²) >= 11 is 3.57. The topological polar surface area (TPSA) is 30.5 Å². The summed E-state index contributed by atoms with van der Waals surface area (Å²) in [5.41, 5.74) is 1.85. The van der Waals surface area contributed by atoms with E-state index in [1.165, 1.54) is 6.07 Å². The Hall–Kier alpha value is -1.59. The molecule has 0 aliphatic heterocycles. The number of methoxy groups -OCH3 is 1. The van der Waals surface area contributed by atoms with Crippen LogP contribution in [0.3, 0.4) is 0 Å². The van der Waals surface area contributed by atoms with Gasteiger partial charge < -0.3 is 14.8 Å². The maximum atomic E-state index is 13.8. The molecule has 0 radical (unpaired) electrons. The van der Waals surface area contributed by atoms with Crippen molar-refractivity contribution < 1.29 is 13.9 Å². The first-order valence-corrected chi connectivity index (χ1v) is 10.3. The average Bonchev–Trinajstić information content (AvgIpc) is 2.58. The second-order valence-electron chi connectivity index (χ2n) is 8.96. The number of halogens is 2. The molecule has 154 valence electrons. The van der Waals surface area contributed by atoms with Crippen LogP contribution in [-0.2, 0) is 13.2 Å². The number of nitrogens with one attached hydrogen (secondary N) is 1. The molecule has 28 heavy (non-hydrogen) atoms. The highest BCUT2D eigenvalue weighted by Gasteiger charge is 2.25. The van der Waals surface area contributed by atoms with Crippen LogP contribution in [0.2, 0.25) is 0 Å². The van der Waals surface area contributed by atoms with Crippen molar-refractivity contribution in [3.63, 3.8) is 0 Å². The zero-order valence-electron chi connectivity index (χ0n) is 17.7. The number of hydrogen-bond donors (Lipinski definition) is 1. The molecule has 1 N–H and O–H groups in total. The summed E-state index contributed by atoms with van der Waals surface area (Å²) in [7, 11) is 1.61. The first kappa shape index (κ1) is 22.7. The Kier molecular flexibility index (Phi) is 7.52. The molecular weight excluding hydrogens is 421 g/mol. The van der Waals surface area contributed by atoms with E-state index in [-0.39, 0.29) is 23.4 Å². The van der Waals surface area contributed by atoms with Crippen LogP contribution in [0.25, 0.3) is 0 Å². The third-order valence-electron chi connectivity index (χ3n) is 4.36. The third-order valence-corrected chi connectivity index (χ3v) is 4.95. The predicted molar refractivity (Wildman–Crippen MR) is 116 cm³/mol. The van der Waals surface area contributed by atoms with E-state index in [0.717, 1.165) is 16.5 Å². The van der Waals surface area contributed by atoms with Crippen molar-refractivity contribution in [3.05, 3.63) is 57.8 Å². The van der Waals surface area contributed by atoms with E-state index in [9.17, 15) is 4.39 Å². The highest BCUT2D eigenvalue weighted by Crippen LogP contribution is 2.37. The number of ether oxygens (including phenoxy) is 2. The van der Waals surface area contributed by atoms with E-state index in [1.54, 1.807) is 25.3 Å². The summed E-state index contributed by atoms with van der Waals surface area (Å²) < 4.78 is 26.0. The zero-order valence-corrected chi connectivity index (χ0v) is 19.2. The summed E-state index contributed by atoms with van der Waals surface area (Å²) in [6, 6.07) is 10.6. The normalized spacial score (nSPS) is 12.1. The van der Waals surface area contributed by atoms with Gasteiger partial charge >= 0.3 is 0 Å². The van der Waals surface area contributed by atoms with Gasteiger partial charge in [0.15, 0.2) is 11.5 Å². The maximum Gasteiger partial charge on any atom is 0.175 e. The van der Waals surface area contributed by atoms with Crippen LogP contribution in [-0.4, -0.2) is 12.6 Å². The van der Waals surface area contributed by atoms with Gasteiger partial charge in [-0.2, -0.15) is 0 Å². The van der Waals surface area contributed by atoms with E-state index >= 15 is 0 Å². The minimum absolute atomic E-state index is 0.0119. The molecule has 0 aliphatic carbocycles. The van der Waals surface area contributed by atoms with E-state index in [1.807, 2.05) is 12.1 Å². The van der Waals surface area contributed by atoms with Gasteiger partial charge in [0.1, 0.15) is 12.4 Å². The lowest BCUT2D eigenvalue weighted by atomic mass is 9.82. The SMILES string of the molecule is COc1cc(CNC(C)(C)CC(C)(C)C)cc(Br)c1OCc1ccccc1F. The monoisotopic (exact) mass is 451 g/mol. The van der Waals surface area contributed by atoms with Crippen molar-refractivity contribution in [2.75, 3.05) is 7.11 Å². The second-order valence-corrected chi connectivity index (χ2v) is 9.82. The van der Waals surface area contributed by atoms with Gasteiger partial charge in [0.25, 0.3) is 0 Å². The highest BCUT2D eigenvalue weighted by atomic mass is 79.9. The molecule has 3 nitrogen and oxygen atoms in total. The molecule has 2 aromatic rings. The lowest BCUT2D eigenvalue weighted by molar-refractivity contribution is 0.240. The van der Waals surface area contributed by atoms with Gasteiger partial charge in [-0.05, 0) is 65.4 Å². The summed E-state index contributed by atoms with van der Waals surface area (Å²) in [6.07, 6.45) is 1.06. The Morgan fingerprint density at radius 3 is 2.36 bits per heavy atom. The summed E-state index contributed by atoms with van der Waals surface area (Å²) in [4.78, 5) is 0. The van der Waals surface area contributed by atoms with Crippen LogP contribution < -0.4 is 14.8 Å². The predicted octanol–water partition coefficient (Wildman–Crippen LogP) is 6.48. The maximum absolute atomic E-state index is 13.8. The van der Waals surface area contributed by atoms with Crippen molar-refractivity contribution in [3.8, 4) is 11.5 Å². The standard InChI is InChI=1S/C23H31BrFNO2/c1-22(2,3)15-23(4,5)26-13-16-11-18(24)21(20(12-16)27-6)28-14-17-9-7-8-10-19(17)25/h7-12,26H,13-15H2,1-6H3. The molecule has 0 heterocycles. The molecule has 0 saturated carbocycles. The fourth-order valence-electron chi connectivity index (χ4n) is 3.51. The second kappa shape index (κ2) is 9.27. The summed E-state index contributed by atoms with van der Waals surface area (Å²) in [5, 5.41) is 3.63. The van der Waals surface area contributed by atoms with E-state index < -0.39 is 0 Å². The van der Waals surface area contributed by atoms with Gasteiger partial charge in [-0.3, -0.25) is 0 Å². The fourth-order valence-corrected chi connectivity index (χ4v) is 4.11. The number of hydrogen-bond acceptors (Lipinski definition) is 3. The summed E-state index contributed by atoms with van der Waals surface area (Å²) in [6.45, 7) is 12.0. The van der Waals surface area contributed by atoms with Gasteiger partial charge in [0.05, 0.1) is 11.6 Å². The molecule has 0 aliphatic rings. The minimum atomic E-state index is -0.278. The largest absolute Gasteiger partial charge is 0.493 e. The molecule has 0 fully saturated rings. The minimum Gasteiger partial charge on any atom is -0.493 e. The fraction of sp³-hybridized carbons (Fsp3) is 0.478. The Morgan fingerprint density at radius 2 is 1.75 bits per heavy atom. The van der Waals surface area contributed by atoms with Crippen molar-refractivity contribution in [2.24, 2.45) is 5.41 Å². The molecule has 0 amide bonds. The van der Waals surface area contributed by atoms with Gasteiger partial charge in [-0.25, -0.2) is 4.39 Å². The van der Waals surface area contributed by atoms with Crippen molar-refractivity contribution >= 4 is 15.9 Å². The Morgan fingerprint density at radius 1 is 1.07 bits per heavy atom. The van der Waals surface area contributed by atoms with Crippen molar-refractivity contribution in [2.45, 2.75) is 59.7 Å². The lowest BCUT2D eigenvalue weighted by Gasteiger charge is -2.33. The van der Waals surface area contributed by atoms with Crippen LogP contribution in [0, 0.1) is 11.2 Å². The van der Waals surface area contributed by atoms with Gasteiger partial charge in [0.2, 0.25) is 0 Å².